The van der Waals surface area contributed by atoms with Gasteiger partial charge < -0.3 is 0 Å². The number of Topliss-reactive ketones (excluding diaryl/α,β-unsaturated/α-hetero) is 1. The summed E-state index contributed by atoms with van der Waals surface area (Å²) in [7, 11) is 0. The standard InChI is InChI=1S/C9H17BrO/c1-3-5-7-9(11)8(10)6-4-2/h8H,3-7H2,1-2H3/t8-/m1/s1. The van der Waals surface area contributed by atoms with E-state index in [0.29, 0.717) is 5.78 Å². The molecule has 0 aromatic rings. The number of carbonyl (C=O) groups excluding carboxylic acids is 1. The average Bonchev–Trinajstić information content (AvgIpc) is 2.00. The Morgan fingerprint density at radius 2 is 2.00 bits per heavy atom. The minimum absolute atomic E-state index is 0.110. The topological polar surface area (TPSA) is 17.1 Å². The largest absolute Gasteiger partial charge is 0.298 e. The van der Waals surface area contributed by atoms with E-state index in [9.17, 15) is 4.79 Å². The van der Waals surface area contributed by atoms with Crippen LogP contribution in [0.5, 0.6) is 0 Å². The summed E-state index contributed by atoms with van der Waals surface area (Å²) in [6, 6.07) is 0. The van der Waals surface area contributed by atoms with E-state index < -0.39 is 0 Å². The van der Waals surface area contributed by atoms with E-state index >= 15 is 0 Å². The van der Waals surface area contributed by atoms with Gasteiger partial charge >= 0.3 is 0 Å². The molecule has 0 aliphatic heterocycles. The van der Waals surface area contributed by atoms with Crippen LogP contribution < -0.4 is 0 Å². The van der Waals surface area contributed by atoms with Gasteiger partial charge in [0, 0.05) is 6.42 Å². The second kappa shape index (κ2) is 6.84. The molecule has 1 atom stereocenters. The van der Waals surface area contributed by atoms with E-state index in [1.807, 2.05) is 0 Å². The molecule has 0 spiro atoms. The fourth-order valence-electron chi connectivity index (χ4n) is 0.922. The van der Waals surface area contributed by atoms with Crippen LogP contribution in [0.3, 0.4) is 0 Å². The third kappa shape index (κ3) is 5.42. The lowest BCUT2D eigenvalue weighted by Gasteiger charge is -2.05. The molecule has 0 unspecified atom stereocenters. The molecule has 0 aliphatic rings. The van der Waals surface area contributed by atoms with Crippen LogP contribution in [0.25, 0.3) is 0 Å². The van der Waals surface area contributed by atoms with Crippen LogP contribution in [-0.2, 0) is 4.79 Å². The Labute approximate surface area is 77.7 Å². The van der Waals surface area contributed by atoms with Crippen LogP contribution in [-0.4, -0.2) is 10.6 Å². The smallest absolute Gasteiger partial charge is 0.146 e. The molecule has 11 heavy (non-hydrogen) atoms. The molecule has 0 bridgehead atoms. The van der Waals surface area contributed by atoms with Gasteiger partial charge in [-0.25, -0.2) is 0 Å². The number of alkyl halides is 1. The molecule has 0 aromatic carbocycles. The zero-order chi connectivity index (χ0) is 8.69. The molecule has 0 radical (unpaired) electrons. The molecule has 0 aromatic heterocycles. The van der Waals surface area contributed by atoms with Gasteiger partial charge in [0.2, 0.25) is 0 Å². The first-order valence-corrected chi connectivity index (χ1v) is 5.30. The zero-order valence-corrected chi connectivity index (χ0v) is 8.99. The minimum Gasteiger partial charge on any atom is -0.298 e. The number of rotatable bonds is 6. The van der Waals surface area contributed by atoms with Gasteiger partial charge in [0.15, 0.2) is 0 Å². The van der Waals surface area contributed by atoms with Gasteiger partial charge in [-0.15, -0.1) is 0 Å². The van der Waals surface area contributed by atoms with Gasteiger partial charge in [-0.2, -0.15) is 0 Å². The minimum atomic E-state index is 0.110. The highest BCUT2D eigenvalue weighted by atomic mass is 79.9. The summed E-state index contributed by atoms with van der Waals surface area (Å²) in [5.41, 5.74) is 0. The number of halogens is 1. The van der Waals surface area contributed by atoms with E-state index in [1.54, 1.807) is 0 Å². The van der Waals surface area contributed by atoms with Crippen LogP contribution in [0.15, 0.2) is 0 Å². The van der Waals surface area contributed by atoms with Gasteiger partial charge in [0.25, 0.3) is 0 Å². The maximum absolute atomic E-state index is 11.2. The molecular formula is C9H17BrO. The van der Waals surface area contributed by atoms with Gasteiger partial charge in [0.1, 0.15) is 5.78 Å². The van der Waals surface area contributed by atoms with Crippen molar-refractivity contribution in [3.63, 3.8) is 0 Å². The predicted molar refractivity (Wildman–Crippen MR) is 52.2 cm³/mol. The Morgan fingerprint density at radius 1 is 1.36 bits per heavy atom. The molecule has 2 heteroatoms. The van der Waals surface area contributed by atoms with Crippen LogP contribution in [0.1, 0.15) is 46.0 Å². The highest BCUT2D eigenvalue weighted by Crippen LogP contribution is 2.12. The molecule has 0 saturated carbocycles. The lowest BCUT2D eigenvalue weighted by atomic mass is 10.1. The quantitative estimate of drug-likeness (QED) is 0.629. The fourth-order valence-corrected chi connectivity index (χ4v) is 1.61. The molecule has 0 aliphatic carbocycles. The molecule has 66 valence electrons. The van der Waals surface area contributed by atoms with Crippen molar-refractivity contribution < 1.29 is 4.79 Å². The lowest BCUT2D eigenvalue weighted by molar-refractivity contribution is -0.118. The first kappa shape index (κ1) is 11.2. The predicted octanol–water partition coefficient (Wildman–Crippen LogP) is 3.31. The van der Waals surface area contributed by atoms with Crippen molar-refractivity contribution in [1.82, 2.24) is 0 Å². The normalized spacial score (nSPS) is 13.0. The second-order valence-corrected chi connectivity index (χ2v) is 3.93. The van der Waals surface area contributed by atoms with Crippen molar-refractivity contribution in [3.8, 4) is 0 Å². The Kier molecular flexibility index (Phi) is 6.93. The molecule has 0 amide bonds. The highest BCUT2D eigenvalue weighted by Gasteiger charge is 2.11. The van der Waals surface area contributed by atoms with E-state index in [-0.39, 0.29) is 4.83 Å². The maximum Gasteiger partial charge on any atom is 0.146 e. The van der Waals surface area contributed by atoms with Crippen molar-refractivity contribution in [3.05, 3.63) is 0 Å². The Hall–Kier alpha value is 0.150. The van der Waals surface area contributed by atoms with E-state index in [2.05, 4.69) is 29.8 Å². The van der Waals surface area contributed by atoms with Crippen molar-refractivity contribution in [2.75, 3.05) is 0 Å². The van der Waals surface area contributed by atoms with Gasteiger partial charge in [-0.1, -0.05) is 42.6 Å². The fraction of sp³-hybridized carbons (Fsp3) is 0.889. The summed E-state index contributed by atoms with van der Waals surface area (Å²) in [6.07, 6.45) is 4.94. The maximum atomic E-state index is 11.2. The molecule has 1 nitrogen and oxygen atoms in total. The summed E-state index contributed by atoms with van der Waals surface area (Å²) in [6.45, 7) is 4.21. The molecule has 0 N–H and O–H groups in total. The molecule has 0 saturated heterocycles. The summed E-state index contributed by atoms with van der Waals surface area (Å²) in [4.78, 5) is 11.4. The third-order valence-electron chi connectivity index (χ3n) is 1.67. The van der Waals surface area contributed by atoms with Crippen molar-refractivity contribution in [2.24, 2.45) is 0 Å². The molecule has 0 rings (SSSR count). The number of hydrogen-bond donors (Lipinski definition) is 0. The molecular weight excluding hydrogens is 204 g/mol. The molecule has 0 heterocycles. The third-order valence-corrected chi connectivity index (χ3v) is 2.64. The van der Waals surface area contributed by atoms with Crippen LogP contribution in [0.2, 0.25) is 0 Å². The first-order valence-electron chi connectivity index (χ1n) is 4.39. The molecule has 0 fully saturated rings. The first-order chi connectivity index (χ1) is 5.22. The van der Waals surface area contributed by atoms with Gasteiger partial charge in [-0.05, 0) is 12.8 Å². The van der Waals surface area contributed by atoms with Crippen LogP contribution in [0.4, 0.5) is 0 Å². The highest BCUT2D eigenvalue weighted by molar-refractivity contribution is 9.10. The summed E-state index contributed by atoms with van der Waals surface area (Å²) >= 11 is 3.38. The number of unbranched alkanes of at least 4 members (excludes halogenated alkanes) is 1. The average molecular weight is 221 g/mol. The van der Waals surface area contributed by atoms with E-state index in [0.717, 1.165) is 32.1 Å². The SMILES string of the molecule is CCCCC(=O)[C@H](Br)CCC. The summed E-state index contributed by atoms with van der Waals surface area (Å²) in [5, 5.41) is 0. The van der Waals surface area contributed by atoms with Crippen molar-refractivity contribution >= 4 is 21.7 Å². The van der Waals surface area contributed by atoms with E-state index in [4.69, 9.17) is 0 Å². The Bertz CT molecular complexity index is 112. The summed E-state index contributed by atoms with van der Waals surface area (Å²) < 4.78 is 0. The van der Waals surface area contributed by atoms with Crippen molar-refractivity contribution in [1.29, 1.82) is 0 Å². The lowest BCUT2D eigenvalue weighted by Crippen LogP contribution is -2.12. The van der Waals surface area contributed by atoms with Crippen molar-refractivity contribution in [2.45, 2.75) is 50.8 Å². The second-order valence-electron chi connectivity index (χ2n) is 2.83. The number of carbonyl (C=O) groups is 1. The summed E-state index contributed by atoms with van der Waals surface area (Å²) in [5.74, 6) is 0.369. The number of hydrogen-bond acceptors (Lipinski definition) is 1. The van der Waals surface area contributed by atoms with Crippen LogP contribution in [0, 0.1) is 0 Å². The zero-order valence-electron chi connectivity index (χ0n) is 7.40. The van der Waals surface area contributed by atoms with E-state index in [1.165, 1.54) is 0 Å². The number of ketones is 1. The van der Waals surface area contributed by atoms with Crippen LogP contribution >= 0.6 is 15.9 Å². The van der Waals surface area contributed by atoms with Gasteiger partial charge in [-0.3, -0.25) is 4.79 Å². The monoisotopic (exact) mass is 220 g/mol. The van der Waals surface area contributed by atoms with Gasteiger partial charge in [0.05, 0.1) is 4.83 Å². The Morgan fingerprint density at radius 3 is 2.45 bits per heavy atom. The Balaban J connectivity index is 3.47.